The fraction of sp³-hybridized carbons (Fsp3) is 0.391. The maximum absolute atomic E-state index is 12.9. The predicted molar refractivity (Wildman–Crippen MR) is 105 cm³/mol. The molecule has 1 N–H and O–H groups in total. The summed E-state index contributed by atoms with van der Waals surface area (Å²) in [6.45, 7) is 0.267. The first-order chi connectivity index (χ1) is 14.0. The second-order valence-electron chi connectivity index (χ2n) is 8.40. The molecule has 6 nitrogen and oxygen atoms in total. The highest BCUT2D eigenvalue weighted by atomic mass is 16.6. The topological polar surface area (TPSA) is 76.1 Å². The fourth-order valence-corrected chi connectivity index (χ4v) is 5.53. The van der Waals surface area contributed by atoms with Gasteiger partial charge in [-0.2, -0.15) is 0 Å². The van der Waals surface area contributed by atoms with Gasteiger partial charge in [0.15, 0.2) is 0 Å². The molecule has 3 fully saturated rings. The SMILES string of the molecule is COC(=O)C12CN(C(=O)OCC3c4ccccc4-c4ccccc43)C(CO)(C1)C2. The molecular formula is C23H23NO5. The summed E-state index contributed by atoms with van der Waals surface area (Å²) in [6.07, 6.45) is 0.366. The lowest BCUT2D eigenvalue weighted by molar-refractivity contribution is -0.158. The van der Waals surface area contributed by atoms with Crippen molar-refractivity contribution in [3.63, 3.8) is 0 Å². The van der Waals surface area contributed by atoms with Crippen LogP contribution in [0.4, 0.5) is 4.79 Å². The van der Waals surface area contributed by atoms with E-state index in [1.165, 1.54) is 23.1 Å². The molecule has 0 radical (unpaired) electrons. The second-order valence-corrected chi connectivity index (χ2v) is 8.40. The Hall–Kier alpha value is -2.86. The van der Waals surface area contributed by atoms with Crippen LogP contribution in [-0.2, 0) is 14.3 Å². The highest BCUT2D eigenvalue weighted by molar-refractivity contribution is 5.83. The van der Waals surface area contributed by atoms with Crippen LogP contribution in [0.25, 0.3) is 11.1 Å². The zero-order valence-corrected chi connectivity index (χ0v) is 16.3. The smallest absolute Gasteiger partial charge is 0.410 e. The standard InChI is InChI=1S/C23H23NO5/c1-28-20(26)22-11-23(12-22,14-25)24(13-22)21(27)29-10-19-17-8-4-2-6-15(17)16-7-3-5-9-18(16)19/h2-9,19,25H,10-14H2,1H3. The monoisotopic (exact) mass is 393 g/mol. The minimum Gasteiger partial charge on any atom is -0.469 e. The highest BCUT2D eigenvalue weighted by Gasteiger charge is 2.70. The molecule has 2 heterocycles. The van der Waals surface area contributed by atoms with Crippen LogP contribution in [0.15, 0.2) is 48.5 Å². The van der Waals surface area contributed by atoms with Gasteiger partial charge in [-0.3, -0.25) is 9.69 Å². The number of carbonyl (C=O) groups is 2. The largest absolute Gasteiger partial charge is 0.469 e. The Labute approximate surface area is 169 Å². The Morgan fingerprint density at radius 2 is 1.66 bits per heavy atom. The van der Waals surface area contributed by atoms with Crippen molar-refractivity contribution in [2.24, 2.45) is 5.41 Å². The lowest BCUT2D eigenvalue weighted by Gasteiger charge is -2.44. The molecule has 6 rings (SSSR count). The zero-order chi connectivity index (χ0) is 20.2. The van der Waals surface area contributed by atoms with E-state index in [1.807, 2.05) is 24.3 Å². The van der Waals surface area contributed by atoms with E-state index in [1.54, 1.807) is 0 Å². The van der Waals surface area contributed by atoms with Gasteiger partial charge in [0.05, 0.1) is 24.7 Å². The average molecular weight is 393 g/mol. The number of amides is 1. The number of hydrogen-bond donors (Lipinski definition) is 1. The molecule has 4 aliphatic rings. The molecule has 1 saturated carbocycles. The van der Waals surface area contributed by atoms with E-state index in [-0.39, 0.29) is 31.6 Å². The molecule has 2 saturated heterocycles. The van der Waals surface area contributed by atoms with Crippen LogP contribution in [0, 0.1) is 5.41 Å². The Morgan fingerprint density at radius 3 is 2.21 bits per heavy atom. The summed E-state index contributed by atoms with van der Waals surface area (Å²) in [5.74, 6) is -0.348. The molecule has 2 bridgehead atoms. The van der Waals surface area contributed by atoms with Crippen molar-refractivity contribution < 1.29 is 24.2 Å². The van der Waals surface area contributed by atoms with Crippen LogP contribution in [0.5, 0.6) is 0 Å². The van der Waals surface area contributed by atoms with Gasteiger partial charge < -0.3 is 14.6 Å². The molecule has 1 amide bonds. The number of aliphatic hydroxyl groups is 1. The quantitative estimate of drug-likeness (QED) is 0.809. The highest BCUT2D eigenvalue weighted by Crippen LogP contribution is 2.60. The van der Waals surface area contributed by atoms with Gasteiger partial charge in [0, 0.05) is 12.5 Å². The summed E-state index contributed by atoms with van der Waals surface area (Å²) < 4.78 is 10.6. The minimum absolute atomic E-state index is 0.0244. The average Bonchev–Trinajstić information content (AvgIpc) is 3.36. The van der Waals surface area contributed by atoms with Gasteiger partial charge in [-0.05, 0) is 35.1 Å². The van der Waals surface area contributed by atoms with E-state index in [9.17, 15) is 14.7 Å². The number of fused-ring (bicyclic) bond motifs is 4. The van der Waals surface area contributed by atoms with E-state index in [0.29, 0.717) is 12.8 Å². The summed E-state index contributed by atoms with van der Waals surface area (Å²) in [6, 6.07) is 16.3. The molecule has 2 aromatic rings. The number of aliphatic hydroxyl groups excluding tert-OH is 1. The molecule has 29 heavy (non-hydrogen) atoms. The van der Waals surface area contributed by atoms with Crippen LogP contribution in [-0.4, -0.2) is 54.5 Å². The van der Waals surface area contributed by atoms with E-state index in [0.717, 1.165) is 11.1 Å². The summed E-state index contributed by atoms with van der Waals surface area (Å²) in [5, 5.41) is 9.89. The van der Waals surface area contributed by atoms with Gasteiger partial charge in [-0.1, -0.05) is 48.5 Å². The van der Waals surface area contributed by atoms with Crippen LogP contribution < -0.4 is 0 Å². The zero-order valence-electron chi connectivity index (χ0n) is 16.3. The summed E-state index contributed by atoms with van der Waals surface area (Å²) >= 11 is 0. The molecule has 150 valence electrons. The van der Waals surface area contributed by atoms with E-state index >= 15 is 0 Å². The Balaban J connectivity index is 1.35. The molecule has 0 spiro atoms. The normalized spacial score (nSPS) is 26.5. The first-order valence-electron chi connectivity index (χ1n) is 9.85. The third-order valence-electron chi connectivity index (χ3n) is 6.84. The van der Waals surface area contributed by atoms with Crippen LogP contribution >= 0.6 is 0 Å². The lowest BCUT2D eigenvalue weighted by Crippen LogP contribution is -2.55. The molecule has 0 atom stereocenters. The van der Waals surface area contributed by atoms with E-state index in [2.05, 4.69) is 24.3 Å². The maximum atomic E-state index is 12.9. The van der Waals surface area contributed by atoms with E-state index < -0.39 is 17.0 Å². The Kier molecular flexibility index (Phi) is 3.96. The van der Waals surface area contributed by atoms with Gasteiger partial charge in [0.1, 0.15) is 6.61 Å². The van der Waals surface area contributed by atoms with Gasteiger partial charge >= 0.3 is 12.1 Å². The summed E-state index contributed by atoms with van der Waals surface area (Å²) in [5.41, 5.74) is 3.22. The van der Waals surface area contributed by atoms with Crippen molar-refractivity contribution in [2.75, 3.05) is 26.9 Å². The molecule has 0 unspecified atom stereocenters. The van der Waals surface area contributed by atoms with Crippen molar-refractivity contribution in [1.29, 1.82) is 0 Å². The third kappa shape index (κ3) is 2.45. The molecule has 2 aliphatic carbocycles. The molecule has 2 aromatic carbocycles. The molecule has 6 heteroatoms. The Bertz CT molecular complexity index is 949. The summed E-state index contributed by atoms with van der Waals surface area (Å²) in [7, 11) is 1.35. The van der Waals surface area contributed by atoms with E-state index in [4.69, 9.17) is 9.47 Å². The third-order valence-corrected chi connectivity index (χ3v) is 6.84. The molecule has 2 aliphatic heterocycles. The molecule has 0 aromatic heterocycles. The number of esters is 1. The van der Waals surface area contributed by atoms with Crippen molar-refractivity contribution in [3.8, 4) is 11.1 Å². The number of methoxy groups -OCH3 is 1. The number of carbonyl (C=O) groups excluding carboxylic acids is 2. The number of rotatable bonds is 4. The minimum atomic E-state index is -0.712. The number of hydrogen-bond acceptors (Lipinski definition) is 5. The van der Waals surface area contributed by atoms with Crippen molar-refractivity contribution in [1.82, 2.24) is 4.90 Å². The van der Waals surface area contributed by atoms with Crippen LogP contribution in [0.2, 0.25) is 0 Å². The lowest BCUT2D eigenvalue weighted by atomic mass is 9.62. The predicted octanol–water partition coefficient (Wildman–Crippen LogP) is 2.94. The second kappa shape index (κ2) is 6.32. The first kappa shape index (κ1) is 18.2. The van der Waals surface area contributed by atoms with Gasteiger partial charge in [-0.15, -0.1) is 0 Å². The molecular weight excluding hydrogens is 370 g/mol. The van der Waals surface area contributed by atoms with Crippen LogP contribution in [0.3, 0.4) is 0 Å². The Morgan fingerprint density at radius 1 is 1.07 bits per heavy atom. The maximum Gasteiger partial charge on any atom is 0.410 e. The number of benzene rings is 2. The van der Waals surface area contributed by atoms with Crippen molar-refractivity contribution >= 4 is 12.1 Å². The first-order valence-corrected chi connectivity index (χ1v) is 9.85. The number of nitrogens with zero attached hydrogens (tertiary/aromatic N) is 1. The van der Waals surface area contributed by atoms with Gasteiger partial charge in [0.2, 0.25) is 0 Å². The van der Waals surface area contributed by atoms with Gasteiger partial charge in [0.25, 0.3) is 0 Å². The van der Waals surface area contributed by atoms with Gasteiger partial charge in [-0.25, -0.2) is 4.79 Å². The summed E-state index contributed by atoms with van der Waals surface area (Å²) in [4.78, 5) is 26.6. The van der Waals surface area contributed by atoms with Crippen LogP contribution in [0.1, 0.15) is 29.9 Å². The van der Waals surface area contributed by atoms with Crippen molar-refractivity contribution in [2.45, 2.75) is 24.3 Å². The fourth-order valence-electron chi connectivity index (χ4n) is 5.53. The van der Waals surface area contributed by atoms with Crippen molar-refractivity contribution in [3.05, 3.63) is 59.7 Å². The number of ether oxygens (including phenoxy) is 2.